The molecular formula is C19H15N3O5S. The number of fused-ring (bicyclic) bond motifs is 2. The van der Waals surface area contributed by atoms with Gasteiger partial charge < -0.3 is 4.74 Å². The number of thiophene rings is 1. The molecule has 142 valence electrons. The first kappa shape index (κ1) is 18.1. The molecule has 0 atom stereocenters. The van der Waals surface area contributed by atoms with Gasteiger partial charge in [0.05, 0.1) is 23.1 Å². The van der Waals surface area contributed by atoms with Gasteiger partial charge in [-0.1, -0.05) is 12.1 Å². The molecule has 4 rings (SSSR count). The molecule has 8 nitrogen and oxygen atoms in total. The third-order valence-corrected chi connectivity index (χ3v) is 5.73. The number of ether oxygens (including phenoxy) is 1. The molecule has 28 heavy (non-hydrogen) atoms. The molecule has 1 aromatic carbocycles. The number of rotatable bonds is 4. The molecule has 0 fully saturated rings. The lowest BCUT2D eigenvalue weighted by Gasteiger charge is -2.15. The van der Waals surface area contributed by atoms with Crippen LogP contribution in [0.25, 0.3) is 10.2 Å². The van der Waals surface area contributed by atoms with E-state index in [1.54, 1.807) is 38.1 Å². The number of amides is 2. The van der Waals surface area contributed by atoms with Gasteiger partial charge in [-0.15, -0.1) is 11.3 Å². The normalized spacial score (nSPS) is 13.3. The van der Waals surface area contributed by atoms with E-state index in [0.29, 0.717) is 26.4 Å². The van der Waals surface area contributed by atoms with Gasteiger partial charge in [-0.25, -0.2) is 9.78 Å². The topological polar surface area (TPSA) is 98.6 Å². The second-order valence-electron chi connectivity index (χ2n) is 6.20. The van der Waals surface area contributed by atoms with Gasteiger partial charge in [0, 0.05) is 0 Å². The summed E-state index contributed by atoms with van der Waals surface area (Å²) in [6, 6.07) is 6.51. The summed E-state index contributed by atoms with van der Waals surface area (Å²) in [6.45, 7) is 3.33. The van der Waals surface area contributed by atoms with Crippen molar-refractivity contribution in [3.8, 4) is 0 Å². The Morgan fingerprint density at radius 1 is 1.14 bits per heavy atom. The highest BCUT2D eigenvalue weighted by Gasteiger charge is 2.35. The van der Waals surface area contributed by atoms with Gasteiger partial charge >= 0.3 is 5.97 Å². The maximum atomic E-state index is 12.9. The van der Waals surface area contributed by atoms with Crippen LogP contribution in [0.5, 0.6) is 0 Å². The number of carbonyl (C=O) groups is 3. The van der Waals surface area contributed by atoms with Crippen molar-refractivity contribution in [3.05, 3.63) is 62.5 Å². The lowest BCUT2D eigenvalue weighted by molar-refractivity contribution is 0.0529. The van der Waals surface area contributed by atoms with Crippen LogP contribution in [-0.4, -0.2) is 38.8 Å². The smallest absolute Gasteiger partial charge is 0.348 e. The number of esters is 1. The Kier molecular flexibility index (Phi) is 4.31. The standard InChI is InChI=1S/C19H15N3O5S/c1-3-27-19(26)14-10(2)13-15(28-14)20-8-21(18(13)25)9-22-16(23)11-6-4-5-7-12(11)17(22)24/h4-8H,3,9H2,1-2H3. The van der Waals surface area contributed by atoms with E-state index in [0.717, 1.165) is 16.2 Å². The lowest BCUT2D eigenvalue weighted by Crippen LogP contribution is -2.36. The largest absolute Gasteiger partial charge is 0.462 e. The van der Waals surface area contributed by atoms with Gasteiger partial charge in [0.1, 0.15) is 22.7 Å². The number of aromatic nitrogens is 2. The first-order valence-corrected chi connectivity index (χ1v) is 9.36. The van der Waals surface area contributed by atoms with E-state index in [1.165, 1.54) is 10.9 Å². The van der Waals surface area contributed by atoms with E-state index in [-0.39, 0.29) is 18.7 Å². The van der Waals surface area contributed by atoms with Gasteiger partial charge in [0.2, 0.25) is 0 Å². The Morgan fingerprint density at radius 2 is 1.79 bits per heavy atom. The average Bonchev–Trinajstić information content (AvgIpc) is 3.15. The maximum Gasteiger partial charge on any atom is 0.348 e. The number of benzene rings is 1. The molecule has 0 saturated carbocycles. The number of carbonyl (C=O) groups excluding carboxylic acids is 3. The Labute approximate surface area is 163 Å². The Hall–Kier alpha value is -3.33. The number of aryl methyl sites for hydroxylation is 1. The second-order valence-corrected chi connectivity index (χ2v) is 7.20. The molecule has 0 N–H and O–H groups in total. The van der Waals surface area contributed by atoms with Crippen LogP contribution in [0.3, 0.4) is 0 Å². The van der Waals surface area contributed by atoms with Crippen LogP contribution in [0.15, 0.2) is 35.4 Å². The molecule has 1 aliphatic heterocycles. The summed E-state index contributed by atoms with van der Waals surface area (Å²) in [6.07, 6.45) is 1.28. The Bertz CT molecular complexity index is 1170. The van der Waals surface area contributed by atoms with Crippen molar-refractivity contribution in [1.29, 1.82) is 0 Å². The van der Waals surface area contributed by atoms with Crippen molar-refractivity contribution in [3.63, 3.8) is 0 Å². The van der Waals surface area contributed by atoms with Gasteiger partial charge in [0.25, 0.3) is 17.4 Å². The Morgan fingerprint density at radius 3 is 2.39 bits per heavy atom. The van der Waals surface area contributed by atoms with E-state index in [2.05, 4.69) is 4.98 Å². The summed E-state index contributed by atoms with van der Waals surface area (Å²) in [5.41, 5.74) is 0.676. The fourth-order valence-electron chi connectivity index (χ4n) is 3.17. The average molecular weight is 397 g/mol. The molecule has 3 aromatic rings. The van der Waals surface area contributed by atoms with Gasteiger partial charge in [-0.05, 0) is 31.5 Å². The minimum absolute atomic E-state index is 0.226. The van der Waals surface area contributed by atoms with Crippen LogP contribution < -0.4 is 5.56 Å². The molecule has 2 amide bonds. The zero-order valence-electron chi connectivity index (χ0n) is 15.1. The van der Waals surface area contributed by atoms with Crippen molar-refractivity contribution >= 4 is 39.3 Å². The summed E-state index contributed by atoms with van der Waals surface area (Å²) >= 11 is 1.08. The predicted octanol–water partition coefficient (Wildman–Crippen LogP) is 2.20. The highest BCUT2D eigenvalue weighted by molar-refractivity contribution is 7.20. The van der Waals surface area contributed by atoms with Gasteiger partial charge in [0.15, 0.2) is 0 Å². The van der Waals surface area contributed by atoms with Crippen molar-refractivity contribution in [2.75, 3.05) is 6.61 Å². The first-order chi connectivity index (χ1) is 13.4. The van der Waals surface area contributed by atoms with E-state index in [9.17, 15) is 19.2 Å². The van der Waals surface area contributed by atoms with Crippen molar-refractivity contribution < 1.29 is 19.1 Å². The number of hydrogen-bond acceptors (Lipinski definition) is 7. The Balaban J connectivity index is 1.73. The molecule has 0 spiro atoms. The third-order valence-electron chi connectivity index (χ3n) is 4.55. The summed E-state index contributed by atoms with van der Waals surface area (Å²) in [5.74, 6) is -1.42. The summed E-state index contributed by atoms with van der Waals surface area (Å²) < 4.78 is 6.21. The quantitative estimate of drug-likeness (QED) is 0.494. The molecule has 0 aliphatic carbocycles. The molecule has 1 aliphatic rings. The molecule has 0 saturated heterocycles. The summed E-state index contributed by atoms with van der Waals surface area (Å²) in [7, 11) is 0. The van der Waals surface area contributed by atoms with Crippen molar-refractivity contribution in [2.24, 2.45) is 0 Å². The molecular weight excluding hydrogens is 382 g/mol. The fourth-order valence-corrected chi connectivity index (χ4v) is 4.20. The SMILES string of the molecule is CCOC(=O)c1sc2ncn(CN3C(=O)c4ccccc4C3=O)c(=O)c2c1C. The van der Waals surface area contributed by atoms with E-state index >= 15 is 0 Å². The summed E-state index contributed by atoms with van der Waals surface area (Å²) in [5, 5.41) is 0.284. The van der Waals surface area contributed by atoms with E-state index < -0.39 is 23.3 Å². The van der Waals surface area contributed by atoms with Crippen LogP contribution in [-0.2, 0) is 11.4 Å². The van der Waals surface area contributed by atoms with E-state index in [4.69, 9.17) is 4.74 Å². The van der Waals surface area contributed by atoms with Crippen LogP contribution >= 0.6 is 11.3 Å². The molecule has 9 heteroatoms. The lowest BCUT2D eigenvalue weighted by atomic mass is 10.1. The predicted molar refractivity (Wildman–Crippen MR) is 102 cm³/mol. The minimum Gasteiger partial charge on any atom is -0.462 e. The van der Waals surface area contributed by atoms with Crippen LogP contribution in [0.4, 0.5) is 0 Å². The maximum absolute atomic E-state index is 12.9. The summed E-state index contributed by atoms with van der Waals surface area (Å²) in [4.78, 5) is 56.0. The van der Waals surface area contributed by atoms with Gasteiger partial charge in [-0.3, -0.25) is 23.9 Å². The second kappa shape index (κ2) is 6.68. The van der Waals surface area contributed by atoms with Crippen LogP contribution in [0, 0.1) is 6.92 Å². The fraction of sp³-hybridized carbons (Fsp3) is 0.211. The zero-order valence-corrected chi connectivity index (χ0v) is 15.9. The number of nitrogens with zero attached hydrogens (tertiary/aromatic N) is 3. The first-order valence-electron chi connectivity index (χ1n) is 8.55. The van der Waals surface area contributed by atoms with Gasteiger partial charge in [-0.2, -0.15) is 0 Å². The monoisotopic (exact) mass is 397 g/mol. The molecule has 2 aromatic heterocycles. The molecule has 0 unspecified atom stereocenters. The highest BCUT2D eigenvalue weighted by atomic mass is 32.1. The third kappa shape index (κ3) is 2.63. The number of hydrogen-bond donors (Lipinski definition) is 0. The molecule has 3 heterocycles. The zero-order chi connectivity index (χ0) is 20.0. The number of imide groups is 1. The van der Waals surface area contributed by atoms with E-state index in [1.807, 2.05) is 0 Å². The molecule has 0 radical (unpaired) electrons. The van der Waals surface area contributed by atoms with Crippen molar-refractivity contribution in [2.45, 2.75) is 20.5 Å². The van der Waals surface area contributed by atoms with Crippen molar-refractivity contribution in [1.82, 2.24) is 14.5 Å². The highest BCUT2D eigenvalue weighted by Crippen LogP contribution is 2.28. The van der Waals surface area contributed by atoms with Crippen LogP contribution in [0.1, 0.15) is 42.9 Å². The van der Waals surface area contributed by atoms with Crippen LogP contribution in [0.2, 0.25) is 0 Å². The minimum atomic E-state index is -0.505. The molecule has 0 bridgehead atoms.